The first-order chi connectivity index (χ1) is 13.4. The van der Waals surface area contributed by atoms with Crippen LogP contribution in [-0.4, -0.2) is 73.3 Å². The van der Waals surface area contributed by atoms with Crippen LogP contribution in [0.5, 0.6) is 0 Å². The molecule has 1 unspecified atom stereocenters. The molecule has 1 aromatic rings. The zero-order valence-electron chi connectivity index (χ0n) is 15.8. The Balaban J connectivity index is 1.56. The minimum Gasteiger partial charge on any atom is -0.355 e. The van der Waals surface area contributed by atoms with Gasteiger partial charge in [-0.15, -0.1) is 0 Å². The van der Waals surface area contributed by atoms with Gasteiger partial charge in [0.05, 0.1) is 12.5 Å². The van der Waals surface area contributed by atoms with E-state index in [-0.39, 0.29) is 36.4 Å². The number of nitrogens with one attached hydrogen (secondary N) is 1. The number of likely N-dealkylation sites (N-methyl/N-ethyl adjacent to an activating group) is 1. The molecule has 0 spiro atoms. The first-order valence-corrected chi connectivity index (χ1v) is 9.41. The van der Waals surface area contributed by atoms with Crippen LogP contribution in [0.25, 0.3) is 0 Å². The van der Waals surface area contributed by atoms with E-state index >= 15 is 0 Å². The van der Waals surface area contributed by atoms with E-state index in [1.54, 1.807) is 4.90 Å². The fourth-order valence-corrected chi connectivity index (χ4v) is 3.66. The van der Waals surface area contributed by atoms with Crippen molar-refractivity contribution in [2.75, 3.05) is 50.7 Å². The summed E-state index contributed by atoms with van der Waals surface area (Å²) < 4.78 is 26.9. The molecule has 7 nitrogen and oxygen atoms in total. The molecule has 2 saturated heterocycles. The maximum atomic E-state index is 13.4. The van der Waals surface area contributed by atoms with E-state index in [2.05, 4.69) is 5.32 Å². The van der Waals surface area contributed by atoms with Crippen molar-refractivity contribution in [3.63, 3.8) is 0 Å². The molecule has 0 saturated carbocycles. The lowest BCUT2D eigenvalue weighted by Gasteiger charge is -2.35. The minimum atomic E-state index is -0.763. The van der Waals surface area contributed by atoms with Gasteiger partial charge in [0, 0.05) is 57.4 Å². The molecule has 9 heteroatoms. The maximum absolute atomic E-state index is 13.4. The molecule has 2 aliphatic rings. The number of halogens is 2. The molecule has 2 heterocycles. The Bertz CT molecular complexity index is 745. The molecule has 1 aromatic carbocycles. The molecule has 1 atom stereocenters. The summed E-state index contributed by atoms with van der Waals surface area (Å²) in [6.45, 7) is 4.99. The van der Waals surface area contributed by atoms with Crippen LogP contribution in [0.1, 0.15) is 13.3 Å². The van der Waals surface area contributed by atoms with Gasteiger partial charge in [-0.2, -0.15) is 0 Å². The molecular weight excluding hydrogens is 370 g/mol. The molecule has 2 fully saturated rings. The number of hydrogen-bond acceptors (Lipinski definition) is 4. The molecular formula is C19H24F2N4O3. The zero-order valence-corrected chi connectivity index (χ0v) is 15.8. The van der Waals surface area contributed by atoms with Gasteiger partial charge in [0.15, 0.2) is 0 Å². The molecule has 3 amide bonds. The smallest absolute Gasteiger partial charge is 0.234 e. The monoisotopic (exact) mass is 394 g/mol. The largest absolute Gasteiger partial charge is 0.355 e. The van der Waals surface area contributed by atoms with Crippen LogP contribution in [0.4, 0.5) is 14.5 Å². The van der Waals surface area contributed by atoms with Gasteiger partial charge < -0.3 is 15.1 Å². The topological polar surface area (TPSA) is 73.0 Å². The first-order valence-electron chi connectivity index (χ1n) is 9.41. The third-order valence-electron chi connectivity index (χ3n) is 5.06. The third kappa shape index (κ3) is 4.64. The van der Waals surface area contributed by atoms with E-state index < -0.39 is 17.6 Å². The lowest BCUT2D eigenvalue weighted by atomic mass is 10.1. The second kappa shape index (κ2) is 8.64. The van der Waals surface area contributed by atoms with Gasteiger partial charge in [-0.25, -0.2) is 8.78 Å². The van der Waals surface area contributed by atoms with Crippen molar-refractivity contribution in [2.45, 2.75) is 13.3 Å². The van der Waals surface area contributed by atoms with Crippen LogP contribution in [0, 0.1) is 17.6 Å². The summed E-state index contributed by atoms with van der Waals surface area (Å²) in [5, 5.41) is 2.75. The number of hydrogen-bond donors (Lipinski definition) is 1. The van der Waals surface area contributed by atoms with E-state index in [4.69, 9.17) is 0 Å². The second-order valence-corrected chi connectivity index (χ2v) is 7.09. The predicted octanol–water partition coefficient (Wildman–Crippen LogP) is 0.598. The van der Waals surface area contributed by atoms with Gasteiger partial charge in [-0.3, -0.25) is 19.3 Å². The number of benzene rings is 1. The molecule has 3 rings (SSSR count). The standard InChI is InChI=1S/C19H24F2N4O3/c1-2-22-17(26)12-23-3-5-24(6-4-23)19(28)13-7-18(27)25(11-13)16-9-14(20)8-15(21)10-16/h8-10,13H,2-7,11-12H2,1H3,(H,22,26). The summed E-state index contributed by atoms with van der Waals surface area (Å²) in [4.78, 5) is 41.7. The zero-order chi connectivity index (χ0) is 20.3. The van der Waals surface area contributed by atoms with Crippen LogP contribution in [0.2, 0.25) is 0 Å². The van der Waals surface area contributed by atoms with Gasteiger partial charge in [-0.1, -0.05) is 0 Å². The molecule has 0 radical (unpaired) electrons. The Hall–Kier alpha value is -2.55. The van der Waals surface area contributed by atoms with Crippen molar-refractivity contribution in [3.05, 3.63) is 29.8 Å². The maximum Gasteiger partial charge on any atom is 0.234 e. The van der Waals surface area contributed by atoms with Crippen LogP contribution >= 0.6 is 0 Å². The van der Waals surface area contributed by atoms with E-state index in [1.165, 1.54) is 4.90 Å². The Labute approximate surface area is 162 Å². The Kier molecular flexibility index (Phi) is 6.23. The molecule has 0 aliphatic carbocycles. The van der Waals surface area contributed by atoms with Crippen molar-refractivity contribution in [2.24, 2.45) is 5.92 Å². The normalized spacial score (nSPS) is 20.5. The molecule has 152 valence electrons. The van der Waals surface area contributed by atoms with E-state index in [0.717, 1.165) is 18.2 Å². The highest BCUT2D eigenvalue weighted by Crippen LogP contribution is 2.28. The molecule has 0 aromatic heterocycles. The highest BCUT2D eigenvalue weighted by Gasteiger charge is 2.38. The van der Waals surface area contributed by atoms with Gasteiger partial charge in [0.25, 0.3) is 0 Å². The fraction of sp³-hybridized carbons (Fsp3) is 0.526. The SMILES string of the molecule is CCNC(=O)CN1CCN(C(=O)C2CC(=O)N(c3cc(F)cc(F)c3)C2)CC1. The van der Waals surface area contributed by atoms with Crippen LogP contribution < -0.4 is 10.2 Å². The summed E-state index contributed by atoms with van der Waals surface area (Å²) >= 11 is 0. The lowest BCUT2D eigenvalue weighted by Crippen LogP contribution is -2.52. The highest BCUT2D eigenvalue weighted by molar-refractivity contribution is 6.00. The lowest BCUT2D eigenvalue weighted by molar-refractivity contribution is -0.137. The van der Waals surface area contributed by atoms with Gasteiger partial charge in [-0.05, 0) is 19.1 Å². The number of carbonyl (C=O) groups excluding carboxylic acids is 3. The molecule has 28 heavy (non-hydrogen) atoms. The highest BCUT2D eigenvalue weighted by atomic mass is 19.1. The molecule has 1 N–H and O–H groups in total. The quantitative estimate of drug-likeness (QED) is 0.794. The van der Waals surface area contributed by atoms with Crippen molar-refractivity contribution in [1.82, 2.24) is 15.1 Å². The average molecular weight is 394 g/mol. The van der Waals surface area contributed by atoms with E-state index in [9.17, 15) is 23.2 Å². The van der Waals surface area contributed by atoms with Crippen molar-refractivity contribution in [1.29, 1.82) is 0 Å². The number of piperazine rings is 1. The summed E-state index contributed by atoms with van der Waals surface area (Å²) in [6.07, 6.45) is 0.0239. The number of nitrogens with zero attached hydrogens (tertiary/aromatic N) is 3. The van der Waals surface area contributed by atoms with Crippen LogP contribution in [0.15, 0.2) is 18.2 Å². The Morgan fingerprint density at radius 2 is 1.75 bits per heavy atom. The number of rotatable bonds is 5. The average Bonchev–Trinajstić information content (AvgIpc) is 3.03. The van der Waals surface area contributed by atoms with Crippen molar-refractivity contribution < 1.29 is 23.2 Å². The Morgan fingerprint density at radius 1 is 1.11 bits per heavy atom. The predicted molar refractivity (Wildman–Crippen MR) is 98.5 cm³/mol. The number of anilines is 1. The van der Waals surface area contributed by atoms with Crippen molar-refractivity contribution >= 4 is 23.4 Å². The number of carbonyl (C=O) groups is 3. The summed E-state index contributed by atoms with van der Waals surface area (Å²) in [5.41, 5.74) is 0.129. The minimum absolute atomic E-state index is 0.0239. The van der Waals surface area contributed by atoms with Gasteiger partial charge >= 0.3 is 0 Å². The first kappa shape index (κ1) is 20.2. The summed E-state index contributed by atoms with van der Waals surface area (Å²) in [5.74, 6) is -2.55. The van der Waals surface area contributed by atoms with E-state index in [1.807, 2.05) is 11.8 Å². The second-order valence-electron chi connectivity index (χ2n) is 7.09. The fourth-order valence-electron chi connectivity index (χ4n) is 3.66. The van der Waals surface area contributed by atoms with E-state index in [0.29, 0.717) is 39.3 Å². The molecule has 2 aliphatic heterocycles. The molecule has 0 bridgehead atoms. The Morgan fingerprint density at radius 3 is 2.36 bits per heavy atom. The summed E-state index contributed by atoms with van der Waals surface area (Å²) in [7, 11) is 0. The van der Waals surface area contributed by atoms with Crippen molar-refractivity contribution in [3.8, 4) is 0 Å². The summed E-state index contributed by atoms with van der Waals surface area (Å²) in [6, 6.07) is 2.93. The van der Waals surface area contributed by atoms with Crippen LogP contribution in [0.3, 0.4) is 0 Å². The third-order valence-corrected chi connectivity index (χ3v) is 5.06. The van der Waals surface area contributed by atoms with Crippen LogP contribution in [-0.2, 0) is 14.4 Å². The number of amides is 3. The van der Waals surface area contributed by atoms with Gasteiger partial charge in [0.1, 0.15) is 11.6 Å². The van der Waals surface area contributed by atoms with Gasteiger partial charge in [0.2, 0.25) is 17.7 Å².